The Bertz CT molecular complexity index is 959. The summed E-state index contributed by atoms with van der Waals surface area (Å²) in [7, 11) is 0. The van der Waals surface area contributed by atoms with Crippen molar-refractivity contribution in [1.29, 1.82) is 0 Å². The summed E-state index contributed by atoms with van der Waals surface area (Å²) in [4.78, 5) is 12.0. The largest absolute Gasteiger partial charge is 0.261 e. The standard InChI is InChI=1S/C18H14N4S2/c1-2-5-13(6-3-1)9-15-10-16-17(19-12-20-18(16)24-15)22-21-11-14-7-4-8-23-14/h1-8,10-12H,9H2,(H,19,20,22)/b21-11-. The number of aromatic nitrogens is 2. The third-order valence-electron chi connectivity index (χ3n) is 3.51. The number of rotatable bonds is 5. The first-order valence-electron chi connectivity index (χ1n) is 7.48. The fourth-order valence-corrected chi connectivity index (χ4v) is 4.01. The zero-order valence-electron chi connectivity index (χ0n) is 12.7. The molecule has 0 aliphatic heterocycles. The van der Waals surface area contributed by atoms with Crippen molar-refractivity contribution < 1.29 is 0 Å². The minimum absolute atomic E-state index is 0.739. The highest BCUT2D eigenvalue weighted by Gasteiger charge is 2.08. The molecule has 3 heterocycles. The summed E-state index contributed by atoms with van der Waals surface area (Å²) in [5.74, 6) is 0.739. The van der Waals surface area contributed by atoms with Gasteiger partial charge in [-0.3, -0.25) is 5.43 Å². The van der Waals surface area contributed by atoms with E-state index >= 15 is 0 Å². The summed E-state index contributed by atoms with van der Waals surface area (Å²) in [6.45, 7) is 0. The average Bonchev–Trinajstić information content (AvgIpc) is 3.25. The topological polar surface area (TPSA) is 50.2 Å². The Morgan fingerprint density at radius 2 is 2.00 bits per heavy atom. The molecule has 0 aliphatic rings. The fourth-order valence-electron chi connectivity index (χ4n) is 2.40. The lowest BCUT2D eigenvalue weighted by molar-refractivity contribution is 1.19. The van der Waals surface area contributed by atoms with E-state index in [9.17, 15) is 0 Å². The van der Waals surface area contributed by atoms with Crippen LogP contribution in [0.5, 0.6) is 0 Å². The fraction of sp³-hybridized carbons (Fsp3) is 0.0556. The molecule has 6 heteroatoms. The van der Waals surface area contributed by atoms with Gasteiger partial charge in [0.05, 0.1) is 11.6 Å². The molecule has 0 saturated carbocycles. The molecule has 24 heavy (non-hydrogen) atoms. The van der Waals surface area contributed by atoms with E-state index in [1.165, 1.54) is 10.4 Å². The van der Waals surface area contributed by atoms with Crippen molar-refractivity contribution in [3.8, 4) is 0 Å². The molecule has 0 atom stereocenters. The number of fused-ring (bicyclic) bond motifs is 1. The van der Waals surface area contributed by atoms with Gasteiger partial charge in [0.15, 0.2) is 5.82 Å². The highest BCUT2D eigenvalue weighted by Crippen LogP contribution is 2.29. The van der Waals surface area contributed by atoms with Gasteiger partial charge in [0.1, 0.15) is 11.2 Å². The molecule has 1 aromatic carbocycles. The molecule has 4 aromatic rings. The first-order chi connectivity index (χ1) is 11.9. The molecule has 0 aliphatic carbocycles. The molecule has 118 valence electrons. The lowest BCUT2D eigenvalue weighted by Crippen LogP contribution is -1.93. The van der Waals surface area contributed by atoms with Crippen molar-refractivity contribution in [3.05, 3.63) is 75.6 Å². The van der Waals surface area contributed by atoms with Gasteiger partial charge in [-0.15, -0.1) is 22.7 Å². The molecule has 0 amide bonds. The van der Waals surface area contributed by atoms with Crippen molar-refractivity contribution in [2.45, 2.75) is 6.42 Å². The van der Waals surface area contributed by atoms with E-state index in [1.807, 2.05) is 23.6 Å². The second kappa shape index (κ2) is 6.90. The normalized spacial score (nSPS) is 11.3. The van der Waals surface area contributed by atoms with Crippen LogP contribution in [0.1, 0.15) is 15.3 Å². The summed E-state index contributed by atoms with van der Waals surface area (Å²) in [5.41, 5.74) is 4.33. The van der Waals surface area contributed by atoms with Crippen LogP contribution >= 0.6 is 22.7 Å². The van der Waals surface area contributed by atoms with Crippen molar-refractivity contribution in [2.75, 3.05) is 5.43 Å². The third-order valence-corrected chi connectivity index (χ3v) is 5.36. The van der Waals surface area contributed by atoms with Crippen molar-refractivity contribution >= 4 is 44.9 Å². The molecule has 4 rings (SSSR count). The summed E-state index contributed by atoms with van der Waals surface area (Å²) >= 11 is 3.34. The van der Waals surface area contributed by atoms with Gasteiger partial charge in [0.25, 0.3) is 0 Å². The van der Waals surface area contributed by atoms with Gasteiger partial charge < -0.3 is 0 Å². The average molecular weight is 350 g/mol. The van der Waals surface area contributed by atoms with Crippen molar-refractivity contribution in [2.24, 2.45) is 5.10 Å². The number of nitrogens with one attached hydrogen (secondary N) is 1. The highest BCUT2D eigenvalue weighted by molar-refractivity contribution is 7.18. The smallest absolute Gasteiger partial charge is 0.158 e. The third kappa shape index (κ3) is 3.34. The van der Waals surface area contributed by atoms with Crippen LogP contribution in [0.15, 0.2) is 65.3 Å². The molecule has 0 unspecified atom stereocenters. The van der Waals surface area contributed by atoms with Crippen LogP contribution in [0.3, 0.4) is 0 Å². The Labute approximate surface area is 147 Å². The molecule has 0 saturated heterocycles. The Balaban J connectivity index is 1.58. The number of anilines is 1. The summed E-state index contributed by atoms with van der Waals surface area (Å²) in [6.07, 6.45) is 4.28. The Kier molecular flexibility index (Phi) is 4.31. The van der Waals surface area contributed by atoms with Gasteiger partial charge in [-0.05, 0) is 23.1 Å². The van der Waals surface area contributed by atoms with Gasteiger partial charge >= 0.3 is 0 Å². The maximum atomic E-state index is 4.38. The Hall–Kier alpha value is -2.57. The van der Waals surface area contributed by atoms with E-state index in [0.717, 1.165) is 27.3 Å². The van der Waals surface area contributed by atoms with Crippen molar-refractivity contribution in [1.82, 2.24) is 9.97 Å². The molecule has 1 N–H and O–H groups in total. The minimum Gasteiger partial charge on any atom is -0.261 e. The molecule has 0 spiro atoms. The number of hydrazone groups is 1. The predicted octanol–water partition coefficient (Wildman–Crippen LogP) is 4.79. The SMILES string of the molecule is C(=N/Nc1ncnc2sc(Cc3ccccc3)cc12)/c1cccs1. The second-order valence-electron chi connectivity index (χ2n) is 5.20. The number of thiophene rings is 2. The molecular weight excluding hydrogens is 336 g/mol. The number of benzene rings is 1. The monoisotopic (exact) mass is 350 g/mol. The summed E-state index contributed by atoms with van der Waals surface area (Å²) < 4.78 is 0. The Morgan fingerprint density at radius 3 is 2.83 bits per heavy atom. The van der Waals surface area contributed by atoms with Crippen LogP contribution in [0.25, 0.3) is 10.2 Å². The molecule has 3 aromatic heterocycles. The number of hydrogen-bond acceptors (Lipinski definition) is 6. The molecule has 0 radical (unpaired) electrons. The van der Waals surface area contributed by atoms with Crippen LogP contribution in [-0.2, 0) is 6.42 Å². The second-order valence-corrected chi connectivity index (χ2v) is 7.30. The maximum Gasteiger partial charge on any atom is 0.158 e. The van der Waals surface area contributed by atoms with Crippen LogP contribution in [-0.4, -0.2) is 16.2 Å². The van der Waals surface area contributed by atoms with Gasteiger partial charge in [-0.1, -0.05) is 36.4 Å². The zero-order valence-corrected chi connectivity index (χ0v) is 14.3. The van der Waals surface area contributed by atoms with E-state index in [4.69, 9.17) is 0 Å². The van der Waals surface area contributed by atoms with E-state index in [0.29, 0.717) is 0 Å². The van der Waals surface area contributed by atoms with Crippen LogP contribution < -0.4 is 5.43 Å². The molecule has 0 fully saturated rings. The lowest BCUT2D eigenvalue weighted by Gasteiger charge is -1.99. The van der Waals surface area contributed by atoms with E-state index in [-0.39, 0.29) is 0 Å². The van der Waals surface area contributed by atoms with Crippen LogP contribution in [0, 0.1) is 0 Å². The van der Waals surface area contributed by atoms with E-state index in [1.54, 1.807) is 35.2 Å². The van der Waals surface area contributed by atoms with E-state index < -0.39 is 0 Å². The molecule has 4 nitrogen and oxygen atoms in total. The van der Waals surface area contributed by atoms with Gasteiger partial charge in [-0.25, -0.2) is 9.97 Å². The zero-order chi connectivity index (χ0) is 16.2. The molecule has 0 bridgehead atoms. The van der Waals surface area contributed by atoms with E-state index in [2.05, 4.69) is 50.8 Å². The highest BCUT2D eigenvalue weighted by atomic mass is 32.1. The van der Waals surface area contributed by atoms with Crippen LogP contribution in [0.4, 0.5) is 5.82 Å². The first kappa shape index (κ1) is 15.0. The quantitative estimate of drug-likeness (QED) is 0.416. The first-order valence-corrected chi connectivity index (χ1v) is 9.18. The minimum atomic E-state index is 0.739. The lowest BCUT2D eigenvalue weighted by atomic mass is 10.1. The predicted molar refractivity (Wildman–Crippen MR) is 102 cm³/mol. The molecular formula is C18H14N4S2. The summed E-state index contributed by atoms with van der Waals surface area (Å²) in [5, 5.41) is 7.31. The summed E-state index contributed by atoms with van der Waals surface area (Å²) in [6, 6.07) is 16.6. The number of hydrogen-bond donors (Lipinski definition) is 1. The van der Waals surface area contributed by atoms with Gasteiger partial charge in [-0.2, -0.15) is 5.10 Å². The van der Waals surface area contributed by atoms with Crippen molar-refractivity contribution in [3.63, 3.8) is 0 Å². The Morgan fingerprint density at radius 1 is 1.08 bits per heavy atom. The van der Waals surface area contributed by atoms with Gasteiger partial charge in [0, 0.05) is 16.2 Å². The maximum absolute atomic E-state index is 4.38. The van der Waals surface area contributed by atoms with Crippen LogP contribution in [0.2, 0.25) is 0 Å². The number of nitrogens with zero attached hydrogens (tertiary/aromatic N) is 3. The van der Waals surface area contributed by atoms with Gasteiger partial charge in [0.2, 0.25) is 0 Å².